The summed E-state index contributed by atoms with van der Waals surface area (Å²) in [5.41, 5.74) is 0. The first-order valence-corrected chi connectivity index (χ1v) is 16.1. The molecule has 1 unspecified atom stereocenters. The van der Waals surface area contributed by atoms with Crippen LogP contribution in [0.3, 0.4) is 0 Å². The van der Waals surface area contributed by atoms with Crippen LogP contribution in [0.15, 0.2) is 0 Å². The van der Waals surface area contributed by atoms with Crippen molar-refractivity contribution in [2.75, 3.05) is 0 Å². The fraction of sp³-hybridized carbons (Fsp3) is 0.875. The molecule has 0 aromatic heterocycles. The molecule has 0 aliphatic carbocycles. The highest BCUT2D eigenvalue weighted by Gasteiger charge is 2.24. The first kappa shape index (κ1) is 40.0. The lowest BCUT2D eigenvalue weighted by molar-refractivity contribution is -0.155. The van der Waals surface area contributed by atoms with Gasteiger partial charge in [-0.15, -0.1) is 0 Å². The highest BCUT2D eigenvalue weighted by atomic mass is 16.4. The molecule has 0 radical (unpaired) electrons. The molecule has 0 fully saturated rings. The highest BCUT2D eigenvalue weighted by Crippen LogP contribution is 2.18. The van der Waals surface area contributed by atoms with E-state index in [1.807, 2.05) is 0 Å². The maximum Gasteiger partial charge on any atom is 0.317 e. The van der Waals surface area contributed by atoms with Gasteiger partial charge in [0.1, 0.15) is 0 Å². The summed E-state index contributed by atoms with van der Waals surface area (Å²) in [7, 11) is 0. The van der Waals surface area contributed by atoms with E-state index in [0.717, 1.165) is 25.7 Å². The van der Waals surface area contributed by atoms with Crippen LogP contribution in [0, 0.1) is 11.8 Å². The third-order valence-electron chi connectivity index (χ3n) is 7.40. The topological polar surface area (TPSA) is 149 Å². The molecule has 8 nitrogen and oxygen atoms in total. The Morgan fingerprint density at radius 1 is 0.425 bits per heavy atom. The average molecular weight is 573 g/mol. The maximum atomic E-state index is 11.0. The monoisotopic (exact) mass is 572 g/mol. The molecule has 4 N–H and O–H groups in total. The van der Waals surface area contributed by atoms with E-state index in [4.69, 9.17) is 20.4 Å². The van der Waals surface area contributed by atoms with Crippen LogP contribution in [0.2, 0.25) is 0 Å². The van der Waals surface area contributed by atoms with E-state index in [1.54, 1.807) is 0 Å². The number of hydrogen-bond donors (Lipinski definition) is 4. The summed E-state index contributed by atoms with van der Waals surface area (Å²) < 4.78 is 0. The van der Waals surface area contributed by atoms with Crippen molar-refractivity contribution in [3.63, 3.8) is 0 Å². The smallest absolute Gasteiger partial charge is 0.317 e. The molecule has 0 saturated carbocycles. The summed E-state index contributed by atoms with van der Waals surface area (Å²) in [5.74, 6) is -5.92. The largest absolute Gasteiger partial charge is 0.481 e. The Balaban J connectivity index is 0. The summed E-state index contributed by atoms with van der Waals surface area (Å²) >= 11 is 0. The average Bonchev–Trinajstić information content (AvgIpc) is 2.89. The molecule has 0 bridgehead atoms. The molecule has 0 aromatic carbocycles. The molecule has 236 valence electrons. The summed E-state index contributed by atoms with van der Waals surface area (Å²) in [4.78, 5) is 42.8. The second kappa shape index (κ2) is 29.9. The number of rotatable bonds is 28. The predicted octanol–water partition coefficient (Wildman–Crippen LogP) is 8.95. The summed E-state index contributed by atoms with van der Waals surface area (Å²) in [6, 6.07) is 0. The zero-order valence-electron chi connectivity index (χ0n) is 25.5. The van der Waals surface area contributed by atoms with Gasteiger partial charge in [0, 0.05) is 6.42 Å². The molecule has 0 rings (SSSR count). The SMILES string of the molecule is CCCCCCCCCCCCC(C(=O)O)C(=O)O.CCCCCCCCCCCCC(CCC(=O)O)C(=O)O. The van der Waals surface area contributed by atoms with Gasteiger partial charge in [0.05, 0.1) is 5.92 Å². The van der Waals surface area contributed by atoms with Gasteiger partial charge in [-0.1, -0.05) is 142 Å². The molecule has 40 heavy (non-hydrogen) atoms. The standard InChI is InChI=1S/C17H32O4.C15H28O4/c1-2-3-4-5-6-7-8-9-10-11-12-15(17(20)21)13-14-16(18)19;1-2-3-4-5-6-7-8-9-10-11-12-13(14(16)17)15(18)19/h15H,2-14H2,1H3,(H,18,19)(H,20,21);13H,2-12H2,1H3,(H,16,17)(H,18,19). The van der Waals surface area contributed by atoms with Crippen LogP contribution < -0.4 is 0 Å². The van der Waals surface area contributed by atoms with Gasteiger partial charge in [-0.05, 0) is 19.3 Å². The molecule has 8 heteroatoms. The van der Waals surface area contributed by atoms with E-state index < -0.39 is 35.7 Å². The molecule has 0 spiro atoms. The number of carboxylic acid groups (broad SMARTS) is 4. The number of aliphatic carboxylic acids is 4. The molecule has 0 aliphatic rings. The zero-order chi connectivity index (χ0) is 30.4. The minimum absolute atomic E-state index is 0.0469. The fourth-order valence-electron chi connectivity index (χ4n) is 4.76. The van der Waals surface area contributed by atoms with Crippen molar-refractivity contribution in [2.45, 2.75) is 168 Å². The van der Waals surface area contributed by atoms with E-state index in [9.17, 15) is 19.2 Å². The quantitative estimate of drug-likeness (QED) is 0.0536. The van der Waals surface area contributed by atoms with Crippen LogP contribution in [0.25, 0.3) is 0 Å². The Labute approximate surface area is 243 Å². The lowest BCUT2D eigenvalue weighted by atomic mass is 9.95. The van der Waals surface area contributed by atoms with Crippen LogP contribution >= 0.6 is 0 Å². The van der Waals surface area contributed by atoms with Gasteiger partial charge < -0.3 is 20.4 Å². The molecule has 0 amide bonds. The maximum absolute atomic E-state index is 11.0. The first-order valence-electron chi connectivity index (χ1n) is 16.1. The Hall–Kier alpha value is -2.12. The first-order chi connectivity index (χ1) is 19.2. The Bertz CT molecular complexity index is 620. The van der Waals surface area contributed by atoms with Gasteiger partial charge in [-0.2, -0.15) is 0 Å². The Kier molecular flexibility index (Phi) is 29.9. The van der Waals surface area contributed by atoms with Gasteiger partial charge in [-0.3, -0.25) is 19.2 Å². The molecule has 1 atom stereocenters. The summed E-state index contributed by atoms with van der Waals surface area (Å²) in [6.45, 7) is 4.43. The van der Waals surface area contributed by atoms with E-state index in [0.29, 0.717) is 12.8 Å². The number of carbonyl (C=O) groups is 4. The Morgan fingerprint density at radius 3 is 1.05 bits per heavy atom. The van der Waals surface area contributed by atoms with Gasteiger partial charge in [0.25, 0.3) is 0 Å². The van der Waals surface area contributed by atoms with Crippen molar-refractivity contribution in [3.8, 4) is 0 Å². The van der Waals surface area contributed by atoms with E-state index in [1.165, 1.54) is 96.3 Å². The number of carboxylic acids is 4. The van der Waals surface area contributed by atoms with Crippen molar-refractivity contribution >= 4 is 23.9 Å². The van der Waals surface area contributed by atoms with Gasteiger partial charge in [0.15, 0.2) is 5.92 Å². The Morgan fingerprint density at radius 2 is 0.750 bits per heavy atom. The lowest BCUT2D eigenvalue weighted by Gasteiger charge is -2.10. The molecule has 0 heterocycles. The minimum Gasteiger partial charge on any atom is -0.481 e. The molecule has 0 aliphatic heterocycles. The normalized spacial score (nSPS) is 11.6. The predicted molar refractivity (Wildman–Crippen MR) is 160 cm³/mol. The van der Waals surface area contributed by atoms with Crippen molar-refractivity contribution in [1.29, 1.82) is 0 Å². The van der Waals surface area contributed by atoms with Crippen LogP contribution in [-0.2, 0) is 19.2 Å². The third kappa shape index (κ3) is 28.9. The van der Waals surface area contributed by atoms with Crippen molar-refractivity contribution in [1.82, 2.24) is 0 Å². The number of unbranched alkanes of at least 4 members (excludes halogenated alkanes) is 18. The summed E-state index contributed by atoms with van der Waals surface area (Å²) in [5, 5.41) is 35.0. The lowest BCUT2D eigenvalue weighted by Crippen LogP contribution is -2.23. The van der Waals surface area contributed by atoms with E-state index >= 15 is 0 Å². The van der Waals surface area contributed by atoms with Crippen molar-refractivity contribution in [3.05, 3.63) is 0 Å². The van der Waals surface area contributed by atoms with Gasteiger partial charge in [0.2, 0.25) is 0 Å². The highest BCUT2D eigenvalue weighted by molar-refractivity contribution is 5.92. The second-order valence-electron chi connectivity index (χ2n) is 11.1. The van der Waals surface area contributed by atoms with Crippen LogP contribution in [0.4, 0.5) is 0 Å². The van der Waals surface area contributed by atoms with Crippen LogP contribution in [0.1, 0.15) is 168 Å². The van der Waals surface area contributed by atoms with Crippen molar-refractivity contribution < 1.29 is 39.6 Å². The summed E-state index contributed by atoms with van der Waals surface area (Å²) in [6.07, 6.45) is 25.0. The van der Waals surface area contributed by atoms with Crippen LogP contribution in [0.5, 0.6) is 0 Å². The van der Waals surface area contributed by atoms with Crippen LogP contribution in [-0.4, -0.2) is 44.3 Å². The second-order valence-corrected chi connectivity index (χ2v) is 11.1. The third-order valence-corrected chi connectivity index (χ3v) is 7.40. The number of hydrogen-bond acceptors (Lipinski definition) is 4. The molecule has 0 saturated heterocycles. The van der Waals surface area contributed by atoms with Gasteiger partial charge >= 0.3 is 23.9 Å². The van der Waals surface area contributed by atoms with E-state index in [-0.39, 0.29) is 19.3 Å². The van der Waals surface area contributed by atoms with Crippen molar-refractivity contribution in [2.24, 2.45) is 11.8 Å². The van der Waals surface area contributed by atoms with E-state index in [2.05, 4.69) is 13.8 Å². The minimum atomic E-state index is -1.23. The fourth-order valence-corrected chi connectivity index (χ4v) is 4.76. The van der Waals surface area contributed by atoms with Gasteiger partial charge in [-0.25, -0.2) is 0 Å². The molecule has 0 aromatic rings. The molecular formula is C32H60O8. The zero-order valence-corrected chi connectivity index (χ0v) is 25.5. The molecular weight excluding hydrogens is 512 g/mol.